The highest BCUT2D eigenvalue weighted by molar-refractivity contribution is 9.10. The summed E-state index contributed by atoms with van der Waals surface area (Å²) in [5.74, 6) is 0.0884. The Bertz CT molecular complexity index is 621. The van der Waals surface area contributed by atoms with Crippen molar-refractivity contribution in [3.05, 3.63) is 58.1 Å². The lowest BCUT2D eigenvalue weighted by atomic mass is 10.2. The molecule has 0 fully saturated rings. The summed E-state index contributed by atoms with van der Waals surface area (Å²) >= 11 is 8.15. The number of rotatable bonds is 4. The molecule has 6 heteroatoms. The molecule has 0 aliphatic carbocycles. The number of halogens is 2. The Hall–Kier alpha value is -1.53. The second kappa shape index (κ2) is 6.08. The van der Waals surface area contributed by atoms with Crippen LogP contribution in [-0.4, -0.2) is 9.97 Å². The maximum Gasteiger partial charge on any atom is 0.136 e. The molecule has 0 aliphatic rings. The van der Waals surface area contributed by atoms with E-state index in [1.807, 2.05) is 0 Å². The largest absolute Gasteiger partial charge is 0.488 e. The van der Waals surface area contributed by atoms with Gasteiger partial charge in [-0.1, -0.05) is 12.2 Å². The van der Waals surface area contributed by atoms with Crippen molar-refractivity contribution in [2.24, 2.45) is 5.73 Å². The van der Waals surface area contributed by atoms with E-state index in [2.05, 4.69) is 20.9 Å². The average molecular weight is 341 g/mol. The van der Waals surface area contributed by atoms with Gasteiger partial charge in [0.05, 0.1) is 10.2 Å². The average Bonchev–Trinajstić information content (AvgIpc) is 2.40. The maximum absolute atomic E-state index is 13.1. The molecule has 0 unspecified atom stereocenters. The molecule has 2 aromatic rings. The predicted octanol–water partition coefficient (Wildman–Crippen LogP) is 3.20. The van der Waals surface area contributed by atoms with Gasteiger partial charge in [0, 0.05) is 12.3 Å². The summed E-state index contributed by atoms with van der Waals surface area (Å²) in [5.41, 5.74) is 6.90. The van der Waals surface area contributed by atoms with Crippen LogP contribution in [0.2, 0.25) is 0 Å². The fraction of sp³-hybridized carbons (Fsp3) is 0.0769. The van der Waals surface area contributed by atoms with Crippen LogP contribution >= 0.6 is 28.1 Å². The van der Waals surface area contributed by atoms with Gasteiger partial charge in [0.1, 0.15) is 23.2 Å². The van der Waals surface area contributed by atoms with Gasteiger partial charge in [-0.2, -0.15) is 0 Å². The Kier molecular flexibility index (Phi) is 4.44. The van der Waals surface area contributed by atoms with Crippen molar-refractivity contribution in [2.75, 3.05) is 0 Å². The highest BCUT2D eigenvalue weighted by Gasteiger charge is 2.05. The molecule has 1 aromatic carbocycles. The van der Waals surface area contributed by atoms with Gasteiger partial charge in [-0.15, -0.1) is 0 Å². The minimum Gasteiger partial charge on any atom is -0.488 e. The topological polar surface area (TPSA) is 48.1 Å². The fourth-order valence-corrected chi connectivity index (χ4v) is 1.92. The lowest BCUT2D eigenvalue weighted by molar-refractivity contribution is 0.302. The van der Waals surface area contributed by atoms with Gasteiger partial charge in [0.15, 0.2) is 0 Å². The molecule has 0 saturated carbocycles. The van der Waals surface area contributed by atoms with E-state index in [0.29, 0.717) is 15.9 Å². The highest BCUT2D eigenvalue weighted by Crippen LogP contribution is 2.26. The molecule has 0 atom stereocenters. The number of aromatic nitrogens is 1. The molecular weight excluding hydrogens is 331 g/mol. The molecule has 1 heterocycles. The van der Waals surface area contributed by atoms with Gasteiger partial charge in [-0.05, 0) is 45.8 Å². The Morgan fingerprint density at radius 2 is 2.16 bits per heavy atom. The second-order valence-corrected chi connectivity index (χ2v) is 5.07. The zero-order valence-corrected chi connectivity index (χ0v) is 12.2. The molecule has 0 spiro atoms. The third kappa shape index (κ3) is 3.71. The zero-order chi connectivity index (χ0) is 13.8. The van der Waals surface area contributed by atoms with E-state index in [1.165, 1.54) is 12.1 Å². The Morgan fingerprint density at radius 3 is 2.89 bits per heavy atom. The van der Waals surface area contributed by atoms with Crippen molar-refractivity contribution in [1.82, 2.24) is 4.98 Å². The van der Waals surface area contributed by atoms with Crippen LogP contribution in [0.25, 0.3) is 0 Å². The van der Waals surface area contributed by atoms with E-state index >= 15 is 0 Å². The normalized spacial score (nSPS) is 10.2. The summed E-state index contributed by atoms with van der Waals surface area (Å²) in [6.07, 6.45) is 1.60. The molecule has 3 nitrogen and oxygen atoms in total. The van der Waals surface area contributed by atoms with Gasteiger partial charge in [-0.25, -0.2) is 4.39 Å². The maximum atomic E-state index is 13.1. The van der Waals surface area contributed by atoms with Crippen LogP contribution in [0.3, 0.4) is 0 Å². The van der Waals surface area contributed by atoms with Crippen LogP contribution < -0.4 is 10.5 Å². The van der Waals surface area contributed by atoms with E-state index in [0.717, 1.165) is 5.56 Å². The molecule has 2 rings (SSSR count). The number of ether oxygens (including phenoxy) is 1. The number of nitrogens with zero attached hydrogens (tertiary/aromatic N) is 1. The van der Waals surface area contributed by atoms with Crippen LogP contribution in [0.15, 0.2) is 41.0 Å². The van der Waals surface area contributed by atoms with E-state index in [9.17, 15) is 4.39 Å². The van der Waals surface area contributed by atoms with Gasteiger partial charge in [-0.3, -0.25) is 4.98 Å². The SMILES string of the molecule is NC(=S)c1cc(COc2cc(F)ccc2Br)ccn1. The van der Waals surface area contributed by atoms with E-state index in [4.69, 9.17) is 22.7 Å². The van der Waals surface area contributed by atoms with Crippen LogP contribution in [-0.2, 0) is 6.61 Å². The first-order valence-corrected chi connectivity index (χ1v) is 6.59. The number of benzene rings is 1. The van der Waals surface area contributed by atoms with Crippen LogP contribution in [0, 0.1) is 5.82 Å². The lowest BCUT2D eigenvalue weighted by Gasteiger charge is -2.09. The minimum absolute atomic E-state index is 0.230. The van der Waals surface area contributed by atoms with Gasteiger partial charge in [0.25, 0.3) is 0 Å². The summed E-state index contributed by atoms with van der Waals surface area (Å²) in [5, 5.41) is 0. The van der Waals surface area contributed by atoms with E-state index in [1.54, 1.807) is 24.4 Å². The standard InChI is InChI=1S/C13H10BrFN2OS/c14-10-2-1-9(15)6-12(10)18-7-8-3-4-17-11(5-8)13(16)19/h1-6H,7H2,(H2,16,19). The van der Waals surface area contributed by atoms with Crippen LogP contribution in [0.4, 0.5) is 4.39 Å². The smallest absolute Gasteiger partial charge is 0.136 e. The Balaban J connectivity index is 2.12. The molecule has 0 radical (unpaired) electrons. The second-order valence-electron chi connectivity index (χ2n) is 3.78. The van der Waals surface area contributed by atoms with Crippen molar-refractivity contribution in [3.63, 3.8) is 0 Å². The van der Waals surface area contributed by atoms with Gasteiger partial charge in [0.2, 0.25) is 0 Å². The summed E-state index contributed by atoms with van der Waals surface area (Å²) in [7, 11) is 0. The highest BCUT2D eigenvalue weighted by atomic mass is 79.9. The molecule has 2 N–H and O–H groups in total. The van der Waals surface area contributed by atoms with Crippen molar-refractivity contribution < 1.29 is 9.13 Å². The summed E-state index contributed by atoms with van der Waals surface area (Å²) in [6.45, 7) is 0.278. The molecule has 0 aliphatic heterocycles. The van der Waals surface area contributed by atoms with E-state index in [-0.39, 0.29) is 17.4 Å². The third-order valence-corrected chi connectivity index (χ3v) is 3.23. The van der Waals surface area contributed by atoms with Crippen molar-refractivity contribution >= 4 is 33.1 Å². The summed E-state index contributed by atoms with van der Waals surface area (Å²) in [4.78, 5) is 4.26. The Labute approximate surface area is 123 Å². The van der Waals surface area contributed by atoms with Crippen molar-refractivity contribution in [1.29, 1.82) is 0 Å². The number of hydrogen-bond acceptors (Lipinski definition) is 3. The number of pyridine rings is 1. The summed E-state index contributed by atoms with van der Waals surface area (Å²) in [6, 6.07) is 7.80. The third-order valence-electron chi connectivity index (χ3n) is 2.36. The first-order valence-electron chi connectivity index (χ1n) is 5.39. The molecule has 98 valence electrons. The van der Waals surface area contributed by atoms with Gasteiger partial charge < -0.3 is 10.5 Å². The first kappa shape index (κ1) is 13.9. The minimum atomic E-state index is -0.350. The van der Waals surface area contributed by atoms with E-state index < -0.39 is 0 Å². The zero-order valence-electron chi connectivity index (χ0n) is 9.77. The Morgan fingerprint density at radius 1 is 1.37 bits per heavy atom. The number of hydrogen-bond donors (Lipinski definition) is 1. The van der Waals surface area contributed by atoms with Gasteiger partial charge >= 0.3 is 0 Å². The molecule has 1 aromatic heterocycles. The monoisotopic (exact) mass is 340 g/mol. The number of thiocarbonyl (C=S) groups is 1. The fourth-order valence-electron chi connectivity index (χ4n) is 1.45. The molecule has 0 amide bonds. The summed E-state index contributed by atoms with van der Waals surface area (Å²) < 4.78 is 19.3. The van der Waals surface area contributed by atoms with Crippen LogP contribution in [0.5, 0.6) is 5.75 Å². The molecule has 0 bridgehead atoms. The molecular formula is C13H10BrFN2OS. The molecule has 19 heavy (non-hydrogen) atoms. The van der Waals surface area contributed by atoms with Crippen LogP contribution in [0.1, 0.15) is 11.3 Å². The first-order chi connectivity index (χ1) is 9.06. The quantitative estimate of drug-likeness (QED) is 0.868. The van der Waals surface area contributed by atoms with Crippen molar-refractivity contribution in [3.8, 4) is 5.75 Å². The lowest BCUT2D eigenvalue weighted by Crippen LogP contribution is -2.12. The predicted molar refractivity (Wildman–Crippen MR) is 78.6 cm³/mol. The number of nitrogens with two attached hydrogens (primary N) is 1. The van der Waals surface area contributed by atoms with Crippen molar-refractivity contribution in [2.45, 2.75) is 6.61 Å². The molecule has 0 saturated heterocycles.